The number of benzene rings is 1. The molecule has 0 radical (unpaired) electrons. The number of nitrogens with zero attached hydrogens (tertiary/aromatic N) is 2. The topological polar surface area (TPSA) is 114 Å². The quantitative estimate of drug-likeness (QED) is 0.783. The van der Waals surface area contributed by atoms with E-state index in [0.717, 1.165) is 17.4 Å². The molecule has 1 aromatic heterocycles. The van der Waals surface area contributed by atoms with Crippen LogP contribution in [0.5, 0.6) is 0 Å². The first-order valence-corrected chi connectivity index (χ1v) is 10.1. The van der Waals surface area contributed by atoms with Crippen LogP contribution in [0.2, 0.25) is 0 Å². The summed E-state index contributed by atoms with van der Waals surface area (Å²) in [6.07, 6.45) is 1.01. The number of aromatic nitrogens is 2. The van der Waals surface area contributed by atoms with Crippen LogP contribution in [-0.4, -0.2) is 51.7 Å². The second-order valence-corrected chi connectivity index (χ2v) is 8.57. The lowest BCUT2D eigenvalue weighted by molar-refractivity contribution is -0.133. The summed E-state index contributed by atoms with van der Waals surface area (Å²) in [5.74, 6) is -0.0233. The van der Waals surface area contributed by atoms with Gasteiger partial charge in [0.05, 0.1) is 10.9 Å². The van der Waals surface area contributed by atoms with E-state index in [0.29, 0.717) is 30.5 Å². The van der Waals surface area contributed by atoms with Crippen LogP contribution in [0.1, 0.15) is 33.6 Å². The van der Waals surface area contributed by atoms with Crippen molar-refractivity contribution in [1.29, 1.82) is 0 Å². The predicted molar refractivity (Wildman–Crippen MR) is 112 cm³/mol. The first-order valence-electron chi connectivity index (χ1n) is 10.1. The van der Waals surface area contributed by atoms with E-state index < -0.39 is 22.9 Å². The fourth-order valence-corrected chi connectivity index (χ4v) is 3.51. The van der Waals surface area contributed by atoms with Crippen molar-refractivity contribution >= 4 is 22.9 Å². The van der Waals surface area contributed by atoms with Crippen LogP contribution < -0.4 is 16.6 Å². The van der Waals surface area contributed by atoms with Gasteiger partial charge >= 0.3 is 11.8 Å². The molecule has 2 heterocycles. The maximum absolute atomic E-state index is 12.7. The van der Waals surface area contributed by atoms with Crippen LogP contribution in [0.4, 0.5) is 4.79 Å². The van der Waals surface area contributed by atoms with Gasteiger partial charge in [-0.05, 0) is 51.7 Å². The summed E-state index contributed by atoms with van der Waals surface area (Å²) in [6, 6.07) is 6.72. The molecule has 3 rings (SSSR count). The van der Waals surface area contributed by atoms with Crippen LogP contribution in [0.15, 0.2) is 33.9 Å². The van der Waals surface area contributed by atoms with Gasteiger partial charge in [-0.3, -0.25) is 14.2 Å². The Morgan fingerprint density at radius 2 is 1.83 bits per heavy atom. The molecule has 0 aliphatic carbocycles. The largest absolute Gasteiger partial charge is 0.444 e. The maximum atomic E-state index is 12.7. The Labute approximate surface area is 174 Å². The number of hydrogen-bond donors (Lipinski definition) is 2. The number of nitrogens with one attached hydrogen (secondary N) is 2. The smallest absolute Gasteiger partial charge is 0.407 e. The molecule has 1 aromatic carbocycles. The number of amides is 2. The number of hydrogen-bond acceptors (Lipinski definition) is 5. The van der Waals surface area contributed by atoms with Crippen molar-refractivity contribution in [3.8, 4) is 0 Å². The maximum Gasteiger partial charge on any atom is 0.407 e. The predicted octanol–water partition coefficient (Wildman–Crippen LogP) is 1.45. The molecule has 2 N–H and O–H groups in total. The minimum absolute atomic E-state index is 0.244. The summed E-state index contributed by atoms with van der Waals surface area (Å²) in [6.45, 7) is 6.65. The summed E-state index contributed by atoms with van der Waals surface area (Å²) in [5, 5.41) is 3.14. The summed E-state index contributed by atoms with van der Waals surface area (Å²) in [4.78, 5) is 53.6. The third kappa shape index (κ3) is 5.28. The van der Waals surface area contributed by atoms with Crippen molar-refractivity contribution < 1.29 is 14.3 Å². The first kappa shape index (κ1) is 21.6. The van der Waals surface area contributed by atoms with Gasteiger partial charge in [-0.15, -0.1) is 0 Å². The highest BCUT2D eigenvalue weighted by atomic mass is 16.6. The van der Waals surface area contributed by atoms with Gasteiger partial charge in [0.15, 0.2) is 0 Å². The van der Waals surface area contributed by atoms with Gasteiger partial charge in [-0.2, -0.15) is 0 Å². The van der Waals surface area contributed by atoms with Gasteiger partial charge in [-0.25, -0.2) is 9.59 Å². The standard InChI is InChI=1S/C21H28N4O5/c1-21(2,3)30-20(29)22-12-14-8-10-24(11-9-14)17(26)13-25-18(27)15-6-4-5-7-16(15)23-19(25)28/h4-7,14H,8-13H2,1-3H3,(H,22,29)(H,23,28). The summed E-state index contributed by atoms with van der Waals surface area (Å²) < 4.78 is 6.17. The van der Waals surface area contributed by atoms with Gasteiger partial charge in [0.25, 0.3) is 5.56 Å². The summed E-state index contributed by atoms with van der Waals surface area (Å²) in [5.41, 5.74) is -1.16. The van der Waals surface area contributed by atoms with Crippen molar-refractivity contribution in [2.75, 3.05) is 19.6 Å². The molecular weight excluding hydrogens is 388 g/mol. The van der Waals surface area contributed by atoms with Gasteiger partial charge in [-0.1, -0.05) is 12.1 Å². The Morgan fingerprint density at radius 3 is 2.50 bits per heavy atom. The molecule has 30 heavy (non-hydrogen) atoms. The molecule has 1 aliphatic rings. The Bertz CT molecular complexity index is 1040. The summed E-state index contributed by atoms with van der Waals surface area (Å²) >= 11 is 0. The molecular formula is C21H28N4O5. The molecule has 9 nitrogen and oxygen atoms in total. The number of piperidine rings is 1. The number of alkyl carbamates (subject to hydrolysis) is 1. The third-order valence-electron chi connectivity index (χ3n) is 5.08. The van der Waals surface area contributed by atoms with Gasteiger partial charge in [0.1, 0.15) is 12.1 Å². The lowest BCUT2D eigenvalue weighted by atomic mass is 9.97. The normalized spacial score (nSPS) is 15.2. The highest BCUT2D eigenvalue weighted by Crippen LogP contribution is 2.17. The van der Waals surface area contributed by atoms with E-state index in [1.54, 1.807) is 29.2 Å². The van der Waals surface area contributed by atoms with Gasteiger partial charge < -0.3 is 19.9 Å². The average Bonchev–Trinajstić information content (AvgIpc) is 2.68. The Kier molecular flexibility index (Phi) is 6.28. The fourth-order valence-electron chi connectivity index (χ4n) is 3.51. The molecule has 1 fully saturated rings. The van der Waals surface area contributed by atoms with Crippen molar-refractivity contribution in [1.82, 2.24) is 19.8 Å². The second-order valence-electron chi connectivity index (χ2n) is 8.57. The van der Waals surface area contributed by atoms with Crippen LogP contribution in [0, 0.1) is 5.92 Å². The third-order valence-corrected chi connectivity index (χ3v) is 5.08. The Hall–Kier alpha value is -3.10. The molecule has 0 spiro atoms. The molecule has 1 aliphatic heterocycles. The number of carbonyl (C=O) groups excluding carboxylic acids is 2. The van der Waals surface area contributed by atoms with Crippen molar-refractivity contribution in [2.24, 2.45) is 5.92 Å². The highest BCUT2D eigenvalue weighted by Gasteiger charge is 2.25. The summed E-state index contributed by atoms with van der Waals surface area (Å²) in [7, 11) is 0. The SMILES string of the molecule is CC(C)(C)OC(=O)NCC1CCN(C(=O)Cn2c(=O)[nH]c3ccccc3c2=O)CC1. The highest BCUT2D eigenvalue weighted by molar-refractivity contribution is 5.79. The molecule has 2 aromatic rings. The van der Waals surface area contributed by atoms with Crippen molar-refractivity contribution in [3.63, 3.8) is 0 Å². The molecule has 1 saturated heterocycles. The number of rotatable bonds is 4. The number of para-hydroxylation sites is 1. The number of ether oxygens (including phenoxy) is 1. The number of carbonyl (C=O) groups is 2. The van der Waals surface area contributed by atoms with E-state index >= 15 is 0 Å². The number of H-pyrrole nitrogens is 1. The minimum atomic E-state index is -0.594. The van der Waals surface area contributed by atoms with Crippen LogP contribution in [0.3, 0.4) is 0 Å². The molecule has 0 atom stereocenters. The lowest BCUT2D eigenvalue weighted by Gasteiger charge is -2.32. The number of aromatic amines is 1. The molecule has 162 valence electrons. The molecule has 0 unspecified atom stereocenters. The van der Waals surface area contributed by atoms with E-state index in [-0.39, 0.29) is 18.4 Å². The average molecular weight is 416 g/mol. The monoisotopic (exact) mass is 416 g/mol. The molecule has 2 amide bonds. The number of likely N-dealkylation sites (tertiary alicyclic amines) is 1. The zero-order valence-corrected chi connectivity index (χ0v) is 17.6. The zero-order chi connectivity index (χ0) is 21.9. The number of fused-ring (bicyclic) bond motifs is 1. The lowest BCUT2D eigenvalue weighted by Crippen LogP contribution is -2.46. The molecule has 0 saturated carbocycles. The van der Waals surface area contributed by atoms with Gasteiger partial charge in [0.2, 0.25) is 5.91 Å². The van der Waals surface area contributed by atoms with Crippen LogP contribution in [-0.2, 0) is 16.1 Å². The molecule has 0 bridgehead atoms. The first-order chi connectivity index (χ1) is 14.1. The van der Waals surface area contributed by atoms with Crippen molar-refractivity contribution in [2.45, 2.75) is 45.8 Å². The zero-order valence-electron chi connectivity index (χ0n) is 17.6. The van der Waals surface area contributed by atoms with E-state index in [1.165, 1.54) is 0 Å². The Balaban J connectivity index is 1.55. The van der Waals surface area contributed by atoms with Crippen LogP contribution >= 0.6 is 0 Å². The van der Waals surface area contributed by atoms with E-state index in [4.69, 9.17) is 4.74 Å². The molecule has 9 heteroatoms. The van der Waals surface area contributed by atoms with Gasteiger partial charge in [0, 0.05) is 19.6 Å². The van der Waals surface area contributed by atoms with E-state index in [2.05, 4.69) is 10.3 Å². The minimum Gasteiger partial charge on any atom is -0.444 e. The second kappa shape index (κ2) is 8.73. The Morgan fingerprint density at radius 1 is 1.17 bits per heavy atom. The van der Waals surface area contributed by atoms with Crippen molar-refractivity contribution in [3.05, 3.63) is 45.1 Å². The van der Waals surface area contributed by atoms with E-state index in [9.17, 15) is 19.2 Å². The van der Waals surface area contributed by atoms with E-state index in [1.807, 2.05) is 20.8 Å². The van der Waals surface area contributed by atoms with Crippen LogP contribution in [0.25, 0.3) is 10.9 Å². The fraction of sp³-hybridized carbons (Fsp3) is 0.524.